The van der Waals surface area contributed by atoms with Gasteiger partial charge in [-0.1, -0.05) is 17.7 Å². The Kier molecular flexibility index (Phi) is 6.01. The fourth-order valence-electron chi connectivity index (χ4n) is 3.24. The maximum absolute atomic E-state index is 12.5. The standard InChI is InChI=1S/C22H29N3O2/c1-16-5-10-21(17(2)15-16)27-18(3)22(26)23-19-6-8-20(9-7-19)25-13-11-24(4)12-14-25/h5-10,15,18H,11-14H2,1-4H3,(H,23,26)/t18-/m0/s1. The molecule has 144 valence electrons. The van der Waals surface area contributed by atoms with E-state index in [2.05, 4.69) is 40.4 Å². The maximum atomic E-state index is 12.5. The summed E-state index contributed by atoms with van der Waals surface area (Å²) in [5.74, 6) is 0.594. The van der Waals surface area contributed by atoms with Gasteiger partial charge in [0.05, 0.1) is 0 Å². The Morgan fingerprint density at radius 2 is 1.70 bits per heavy atom. The molecule has 2 aromatic carbocycles. The molecule has 1 N–H and O–H groups in total. The molecule has 27 heavy (non-hydrogen) atoms. The fraction of sp³-hybridized carbons (Fsp3) is 0.409. The van der Waals surface area contributed by atoms with E-state index in [1.54, 1.807) is 6.92 Å². The van der Waals surface area contributed by atoms with Crippen LogP contribution in [0, 0.1) is 13.8 Å². The highest BCUT2D eigenvalue weighted by Crippen LogP contribution is 2.22. The number of carbonyl (C=O) groups is 1. The van der Waals surface area contributed by atoms with Crippen LogP contribution in [0.1, 0.15) is 18.1 Å². The van der Waals surface area contributed by atoms with Crippen molar-refractivity contribution in [2.24, 2.45) is 0 Å². The van der Waals surface area contributed by atoms with Crippen LogP contribution in [0.4, 0.5) is 11.4 Å². The number of hydrogen-bond acceptors (Lipinski definition) is 4. The zero-order valence-corrected chi connectivity index (χ0v) is 16.7. The molecule has 0 unspecified atom stereocenters. The summed E-state index contributed by atoms with van der Waals surface area (Å²) in [5.41, 5.74) is 4.19. The van der Waals surface area contributed by atoms with Gasteiger partial charge in [-0.2, -0.15) is 0 Å². The van der Waals surface area contributed by atoms with Crippen molar-refractivity contribution in [2.45, 2.75) is 26.9 Å². The van der Waals surface area contributed by atoms with Crippen molar-refractivity contribution in [1.29, 1.82) is 0 Å². The molecule has 2 aromatic rings. The van der Waals surface area contributed by atoms with E-state index in [0.29, 0.717) is 0 Å². The number of nitrogens with zero attached hydrogens (tertiary/aromatic N) is 2. The highest BCUT2D eigenvalue weighted by atomic mass is 16.5. The number of piperazine rings is 1. The highest BCUT2D eigenvalue weighted by Gasteiger charge is 2.17. The molecule has 1 aliphatic rings. The van der Waals surface area contributed by atoms with Crippen LogP contribution >= 0.6 is 0 Å². The van der Waals surface area contributed by atoms with Crippen molar-refractivity contribution in [3.63, 3.8) is 0 Å². The first kappa shape index (κ1) is 19.2. The number of nitrogens with one attached hydrogen (secondary N) is 1. The van der Waals surface area contributed by atoms with Gasteiger partial charge in [-0.3, -0.25) is 4.79 Å². The van der Waals surface area contributed by atoms with Crippen LogP contribution in [0.15, 0.2) is 42.5 Å². The molecule has 0 radical (unpaired) electrons. The summed E-state index contributed by atoms with van der Waals surface area (Å²) >= 11 is 0. The Morgan fingerprint density at radius 1 is 1.04 bits per heavy atom. The molecular formula is C22H29N3O2. The minimum atomic E-state index is -0.566. The monoisotopic (exact) mass is 367 g/mol. The maximum Gasteiger partial charge on any atom is 0.265 e. The Balaban J connectivity index is 1.57. The predicted molar refractivity (Wildman–Crippen MR) is 111 cm³/mol. The lowest BCUT2D eigenvalue weighted by Gasteiger charge is -2.34. The van der Waals surface area contributed by atoms with Gasteiger partial charge >= 0.3 is 0 Å². The molecule has 0 aliphatic carbocycles. The van der Waals surface area contributed by atoms with Gasteiger partial charge in [0, 0.05) is 37.6 Å². The zero-order chi connectivity index (χ0) is 19.4. The van der Waals surface area contributed by atoms with Crippen molar-refractivity contribution in [2.75, 3.05) is 43.4 Å². The molecule has 1 amide bonds. The van der Waals surface area contributed by atoms with Crippen LogP contribution in [0.5, 0.6) is 5.75 Å². The number of carbonyl (C=O) groups excluding carboxylic acids is 1. The summed E-state index contributed by atoms with van der Waals surface area (Å²) in [6.45, 7) is 10.0. The number of anilines is 2. The number of aryl methyl sites for hydroxylation is 2. The smallest absolute Gasteiger partial charge is 0.265 e. The molecule has 1 atom stereocenters. The summed E-state index contributed by atoms with van der Waals surface area (Å²) in [5, 5.41) is 2.94. The number of rotatable bonds is 5. The molecule has 5 heteroatoms. The van der Waals surface area contributed by atoms with E-state index in [0.717, 1.165) is 43.2 Å². The largest absolute Gasteiger partial charge is 0.481 e. The lowest BCUT2D eigenvalue weighted by atomic mass is 10.1. The molecule has 1 saturated heterocycles. The highest BCUT2D eigenvalue weighted by molar-refractivity contribution is 5.94. The normalized spacial score (nSPS) is 16.1. The summed E-state index contributed by atoms with van der Waals surface area (Å²) in [6, 6.07) is 14.0. The number of likely N-dealkylation sites (N-methyl/N-ethyl adjacent to an activating group) is 1. The van der Waals surface area contributed by atoms with Gasteiger partial charge in [0.15, 0.2) is 6.10 Å². The average Bonchev–Trinajstić information content (AvgIpc) is 2.65. The van der Waals surface area contributed by atoms with Crippen LogP contribution in [0.3, 0.4) is 0 Å². The van der Waals surface area contributed by atoms with Crippen molar-refractivity contribution >= 4 is 17.3 Å². The van der Waals surface area contributed by atoms with E-state index >= 15 is 0 Å². The molecule has 0 bridgehead atoms. The first-order valence-electron chi connectivity index (χ1n) is 9.51. The molecule has 3 rings (SSSR count). The minimum absolute atomic E-state index is 0.151. The first-order valence-corrected chi connectivity index (χ1v) is 9.51. The van der Waals surface area contributed by atoms with Gasteiger partial charge in [0.2, 0.25) is 0 Å². The second-order valence-corrected chi connectivity index (χ2v) is 7.36. The molecule has 1 fully saturated rings. The van der Waals surface area contributed by atoms with Gasteiger partial charge in [0.25, 0.3) is 5.91 Å². The van der Waals surface area contributed by atoms with Crippen molar-refractivity contribution in [1.82, 2.24) is 4.90 Å². The molecule has 1 heterocycles. The quantitative estimate of drug-likeness (QED) is 0.879. The number of benzene rings is 2. The van der Waals surface area contributed by atoms with Gasteiger partial charge in [-0.05, 0) is 63.7 Å². The van der Waals surface area contributed by atoms with Crippen molar-refractivity contribution in [3.8, 4) is 5.75 Å². The SMILES string of the molecule is Cc1ccc(O[C@@H](C)C(=O)Nc2ccc(N3CCN(C)CC3)cc2)c(C)c1. The third-order valence-corrected chi connectivity index (χ3v) is 5.01. The van der Waals surface area contributed by atoms with Crippen LogP contribution in [0.2, 0.25) is 0 Å². The van der Waals surface area contributed by atoms with Crippen LogP contribution < -0.4 is 15.0 Å². The van der Waals surface area contributed by atoms with Crippen LogP contribution in [-0.4, -0.2) is 50.1 Å². The van der Waals surface area contributed by atoms with E-state index in [4.69, 9.17) is 4.74 Å². The number of amides is 1. The molecule has 0 saturated carbocycles. The number of ether oxygens (including phenoxy) is 1. The second-order valence-electron chi connectivity index (χ2n) is 7.36. The number of hydrogen-bond donors (Lipinski definition) is 1. The lowest BCUT2D eigenvalue weighted by molar-refractivity contribution is -0.122. The predicted octanol–water partition coefficient (Wildman–Crippen LogP) is 3.46. The lowest BCUT2D eigenvalue weighted by Crippen LogP contribution is -2.44. The Morgan fingerprint density at radius 3 is 2.33 bits per heavy atom. The third kappa shape index (κ3) is 5.01. The first-order chi connectivity index (χ1) is 12.9. The second kappa shape index (κ2) is 8.44. The van der Waals surface area contributed by atoms with Crippen LogP contribution in [-0.2, 0) is 4.79 Å². The van der Waals surface area contributed by atoms with E-state index in [1.165, 1.54) is 11.3 Å². The van der Waals surface area contributed by atoms with Crippen molar-refractivity contribution < 1.29 is 9.53 Å². The molecule has 1 aliphatic heterocycles. The molecule has 0 spiro atoms. The summed E-state index contributed by atoms with van der Waals surface area (Å²) in [4.78, 5) is 17.2. The summed E-state index contributed by atoms with van der Waals surface area (Å²) in [6.07, 6.45) is -0.566. The minimum Gasteiger partial charge on any atom is -0.481 e. The average molecular weight is 367 g/mol. The molecule has 0 aromatic heterocycles. The molecule has 5 nitrogen and oxygen atoms in total. The van der Waals surface area contributed by atoms with E-state index in [-0.39, 0.29) is 5.91 Å². The van der Waals surface area contributed by atoms with Gasteiger partial charge in [-0.15, -0.1) is 0 Å². The van der Waals surface area contributed by atoms with Gasteiger partial charge < -0.3 is 19.9 Å². The Bertz CT molecular complexity index is 781. The third-order valence-electron chi connectivity index (χ3n) is 5.01. The van der Waals surface area contributed by atoms with Crippen molar-refractivity contribution in [3.05, 3.63) is 53.6 Å². The Hall–Kier alpha value is -2.53. The topological polar surface area (TPSA) is 44.8 Å². The molecular weight excluding hydrogens is 338 g/mol. The summed E-state index contributed by atoms with van der Waals surface area (Å²) in [7, 11) is 2.15. The zero-order valence-electron chi connectivity index (χ0n) is 16.7. The van der Waals surface area contributed by atoms with E-state index in [9.17, 15) is 4.79 Å². The Labute approximate surface area is 161 Å². The van der Waals surface area contributed by atoms with Gasteiger partial charge in [0.1, 0.15) is 5.75 Å². The van der Waals surface area contributed by atoms with E-state index in [1.807, 2.05) is 38.1 Å². The van der Waals surface area contributed by atoms with Gasteiger partial charge in [-0.25, -0.2) is 0 Å². The van der Waals surface area contributed by atoms with Crippen LogP contribution in [0.25, 0.3) is 0 Å². The fourth-order valence-corrected chi connectivity index (χ4v) is 3.24. The summed E-state index contributed by atoms with van der Waals surface area (Å²) < 4.78 is 5.84. The van der Waals surface area contributed by atoms with E-state index < -0.39 is 6.10 Å².